The molecule has 0 aliphatic heterocycles. The van der Waals surface area contributed by atoms with Gasteiger partial charge in [0.2, 0.25) is 5.91 Å². The van der Waals surface area contributed by atoms with E-state index in [0.29, 0.717) is 11.1 Å². The Morgan fingerprint density at radius 1 is 0.923 bits per heavy atom. The SMILES string of the molecule is CC(=O)Nc1cc(NS(=O)(=O)c2c(C)c(C)c(C)c(C)c2C)ccc1F. The van der Waals surface area contributed by atoms with E-state index in [9.17, 15) is 17.6 Å². The van der Waals surface area contributed by atoms with Gasteiger partial charge in [-0.1, -0.05) is 0 Å². The van der Waals surface area contributed by atoms with Crippen LogP contribution in [-0.2, 0) is 14.8 Å². The highest BCUT2D eigenvalue weighted by Gasteiger charge is 2.24. The van der Waals surface area contributed by atoms with Crippen LogP contribution in [0.5, 0.6) is 0 Å². The number of hydrogen-bond donors (Lipinski definition) is 2. The summed E-state index contributed by atoms with van der Waals surface area (Å²) in [7, 11) is -3.88. The Bertz CT molecular complexity index is 969. The number of benzene rings is 2. The van der Waals surface area contributed by atoms with Crippen LogP contribution in [0.2, 0.25) is 0 Å². The van der Waals surface area contributed by atoms with Crippen molar-refractivity contribution in [1.29, 1.82) is 0 Å². The predicted molar refractivity (Wildman–Crippen MR) is 102 cm³/mol. The van der Waals surface area contributed by atoms with E-state index in [4.69, 9.17) is 0 Å². The molecule has 5 nitrogen and oxygen atoms in total. The zero-order chi connectivity index (χ0) is 19.8. The molecule has 2 aromatic carbocycles. The van der Waals surface area contributed by atoms with E-state index in [0.717, 1.165) is 22.8 Å². The summed E-state index contributed by atoms with van der Waals surface area (Å²) in [6.07, 6.45) is 0. The average molecular weight is 378 g/mol. The Kier molecular flexibility index (Phi) is 5.41. The van der Waals surface area contributed by atoms with Crippen molar-refractivity contribution in [1.82, 2.24) is 0 Å². The Morgan fingerprint density at radius 2 is 1.42 bits per heavy atom. The van der Waals surface area contributed by atoms with Crippen molar-refractivity contribution in [2.24, 2.45) is 0 Å². The highest BCUT2D eigenvalue weighted by atomic mass is 32.2. The van der Waals surface area contributed by atoms with Crippen LogP contribution >= 0.6 is 0 Å². The topological polar surface area (TPSA) is 75.3 Å². The molecule has 0 aliphatic carbocycles. The Balaban J connectivity index is 2.53. The van der Waals surface area contributed by atoms with Gasteiger partial charge in [0.15, 0.2) is 0 Å². The molecule has 140 valence electrons. The highest BCUT2D eigenvalue weighted by molar-refractivity contribution is 7.92. The summed E-state index contributed by atoms with van der Waals surface area (Å²) in [5.41, 5.74) is 4.36. The fourth-order valence-electron chi connectivity index (χ4n) is 2.95. The van der Waals surface area contributed by atoms with E-state index in [2.05, 4.69) is 10.0 Å². The summed E-state index contributed by atoms with van der Waals surface area (Å²) in [6, 6.07) is 3.68. The number of nitrogens with one attached hydrogen (secondary N) is 2. The van der Waals surface area contributed by atoms with Gasteiger partial charge in [-0.2, -0.15) is 0 Å². The fraction of sp³-hybridized carbons (Fsp3) is 0.316. The molecule has 0 saturated carbocycles. The first-order valence-corrected chi connectivity index (χ1v) is 9.61. The largest absolute Gasteiger partial charge is 0.324 e. The molecule has 0 aliphatic rings. The third-order valence-corrected chi connectivity index (χ3v) is 6.38. The molecule has 0 fully saturated rings. The van der Waals surface area contributed by atoms with E-state index in [1.807, 2.05) is 20.8 Å². The molecule has 0 aromatic heterocycles. The molecule has 26 heavy (non-hydrogen) atoms. The Morgan fingerprint density at radius 3 is 1.92 bits per heavy atom. The van der Waals surface area contributed by atoms with Crippen LogP contribution in [0.25, 0.3) is 0 Å². The van der Waals surface area contributed by atoms with Crippen LogP contribution in [0, 0.1) is 40.4 Å². The maximum Gasteiger partial charge on any atom is 0.262 e. The lowest BCUT2D eigenvalue weighted by Gasteiger charge is -2.19. The zero-order valence-corrected chi connectivity index (χ0v) is 16.6. The molecule has 0 radical (unpaired) electrons. The molecule has 0 spiro atoms. The van der Waals surface area contributed by atoms with E-state index in [1.165, 1.54) is 19.1 Å². The van der Waals surface area contributed by atoms with Gasteiger partial charge in [-0.05, 0) is 80.6 Å². The minimum absolute atomic E-state index is 0.0811. The summed E-state index contributed by atoms with van der Waals surface area (Å²) in [6.45, 7) is 10.5. The molecule has 1 amide bonds. The second kappa shape index (κ2) is 7.07. The van der Waals surface area contributed by atoms with Crippen molar-refractivity contribution in [2.75, 3.05) is 10.0 Å². The van der Waals surface area contributed by atoms with Crippen LogP contribution in [-0.4, -0.2) is 14.3 Å². The smallest absolute Gasteiger partial charge is 0.262 e. The third-order valence-electron chi connectivity index (χ3n) is 4.73. The van der Waals surface area contributed by atoms with Crippen molar-refractivity contribution >= 4 is 27.3 Å². The van der Waals surface area contributed by atoms with Crippen LogP contribution in [0.15, 0.2) is 23.1 Å². The van der Waals surface area contributed by atoms with E-state index in [1.54, 1.807) is 13.8 Å². The monoisotopic (exact) mass is 378 g/mol. The van der Waals surface area contributed by atoms with Gasteiger partial charge in [0.25, 0.3) is 10.0 Å². The molecular formula is C19H23FN2O3S. The van der Waals surface area contributed by atoms with Crippen molar-refractivity contribution in [3.05, 3.63) is 51.8 Å². The number of halogens is 1. The number of sulfonamides is 1. The first-order valence-electron chi connectivity index (χ1n) is 8.12. The standard InChI is InChI=1S/C19H23FN2O3S/c1-10-11(2)13(4)19(14(5)12(10)3)26(24,25)22-16-7-8-17(20)18(9-16)21-15(6)23/h7-9,22H,1-6H3,(H,21,23). The second-order valence-electron chi connectivity index (χ2n) is 6.44. The number of amides is 1. The summed E-state index contributed by atoms with van der Waals surface area (Å²) >= 11 is 0. The maximum atomic E-state index is 13.8. The number of rotatable bonds is 4. The van der Waals surface area contributed by atoms with Crippen LogP contribution in [0.1, 0.15) is 34.7 Å². The fourth-order valence-corrected chi connectivity index (χ4v) is 4.60. The van der Waals surface area contributed by atoms with Crippen molar-refractivity contribution in [3.63, 3.8) is 0 Å². The average Bonchev–Trinajstić information content (AvgIpc) is 2.53. The van der Waals surface area contributed by atoms with Gasteiger partial charge in [0.1, 0.15) is 5.82 Å². The lowest BCUT2D eigenvalue weighted by Crippen LogP contribution is -2.18. The van der Waals surface area contributed by atoms with Crippen LogP contribution in [0.4, 0.5) is 15.8 Å². The number of carbonyl (C=O) groups is 1. The van der Waals surface area contributed by atoms with Gasteiger partial charge in [-0.3, -0.25) is 9.52 Å². The molecule has 0 atom stereocenters. The predicted octanol–water partition coefficient (Wildman–Crippen LogP) is 4.13. The molecule has 2 rings (SSSR count). The summed E-state index contributed by atoms with van der Waals surface area (Å²) in [4.78, 5) is 11.4. The van der Waals surface area contributed by atoms with Crippen LogP contribution < -0.4 is 10.0 Å². The van der Waals surface area contributed by atoms with Gasteiger partial charge in [-0.15, -0.1) is 0 Å². The highest BCUT2D eigenvalue weighted by Crippen LogP contribution is 2.31. The molecule has 0 heterocycles. The first kappa shape index (κ1) is 19.9. The quantitative estimate of drug-likeness (QED) is 0.840. The lowest BCUT2D eigenvalue weighted by molar-refractivity contribution is -0.114. The van der Waals surface area contributed by atoms with Gasteiger partial charge in [-0.25, -0.2) is 12.8 Å². The molecule has 0 saturated heterocycles. The minimum Gasteiger partial charge on any atom is -0.324 e. The molecular weight excluding hydrogens is 355 g/mol. The molecule has 7 heteroatoms. The number of hydrogen-bond acceptors (Lipinski definition) is 3. The molecule has 0 unspecified atom stereocenters. The van der Waals surface area contributed by atoms with Crippen LogP contribution in [0.3, 0.4) is 0 Å². The second-order valence-corrected chi connectivity index (χ2v) is 8.05. The zero-order valence-electron chi connectivity index (χ0n) is 15.7. The Labute approximate surface area is 153 Å². The van der Waals surface area contributed by atoms with Gasteiger partial charge in [0.05, 0.1) is 16.3 Å². The maximum absolute atomic E-state index is 13.8. The molecule has 2 N–H and O–H groups in total. The number of anilines is 2. The first-order chi connectivity index (χ1) is 12.0. The molecule has 2 aromatic rings. The summed E-state index contributed by atoms with van der Waals surface area (Å²) in [5, 5.41) is 2.34. The van der Waals surface area contributed by atoms with Crippen molar-refractivity contribution < 1.29 is 17.6 Å². The summed E-state index contributed by atoms with van der Waals surface area (Å²) in [5.74, 6) is -1.09. The van der Waals surface area contributed by atoms with Crippen molar-refractivity contribution in [2.45, 2.75) is 46.4 Å². The Hall–Kier alpha value is -2.41. The van der Waals surface area contributed by atoms with Gasteiger partial charge < -0.3 is 5.32 Å². The van der Waals surface area contributed by atoms with Gasteiger partial charge >= 0.3 is 0 Å². The third kappa shape index (κ3) is 3.72. The lowest BCUT2D eigenvalue weighted by atomic mass is 9.95. The van der Waals surface area contributed by atoms with Gasteiger partial charge in [0, 0.05) is 6.92 Å². The van der Waals surface area contributed by atoms with E-state index in [-0.39, 0.29) is 16.3 Å². The van der Waals surface area contributed by atoms with E-state index < -0.39 is 21.7 Å². The summed E-state index contributed by atoms with van der Waals surface area (Å²) < 4.78 is 42.2. The molecule has 0 bridgehead atoms. The van der Waals surface area contributed by atoms with Crippen molar-refractivity contribution in [3.8, 4) is 0 Å². The normalized spacial score (nSPS) is 11.3. The number of carbonyl (C=O) groups excluding carboxylic acids is 1. The minimum atomic E-state index is -3.88. The van der Waals surface area contributed by atoms with E-state index >= 15 is 0 Å².